The standard InChI is InChI=1S/C18H19ClN4O/c1-12(2)6-8-20-18(24)14-7-9-23-16(11-14)21-22-17(23)13-4-3-5-15(19)10-13/h3-5,7,9-12H,6,8H2,1-2H3,(H,20,24). The smallest absolute Gasteiger partial charge is 0.251 e. The van der Waals surface area contributed by atoms with Crippen molar-refractivity contribution >= 4 is 23.2 Å². The molecular formula is C18H19ClN4O. The zero-order valence-electron chi connectivity index (χ0n) is 13.7. The maximum atomic E-state index is 12.2. The van der Waals surface area contributed by atoms with Gasteiger partial charge in [0.2, 0.25) is 0 Å². The van der Waals surface area contributed by atoms with Crippen molar-refractivity contribution in [2.75, 3.05) is 6.54 Å². The van der Waals surface area contributed by atoms with E-state index in [4.69, 9.17) is 11.6 Å². The van der Waals surface area contributed by atoms with Gasteiger partial charge < -0.3 is 5.32 Å². The average Bonchev–Trinajstić information content (AvgIpc) is 2.97. The average molecular weight is 343 g/mol. The van der Waals surface area contributed by atoms with E-state index in [1.54, 1.807) is 12.1 Å². The minimum Gasteiger partial charge on any atom is -0.352 e. The Labute approximate surface area is 145 Å². The van der Waals surface area contributed by atoms with E-state index >= 15 is 0 Å². The third-order valence-electron chi connectivity index (χ3n) is 3.76. The predicted octanol–water partition coefficient (Wildman–Crippen LogP) is 3.83. The molecule has 0 saturated heterocycles. The number of benzene rings is 1. The number of hydrogen-bond donors (Lipinski definition) is 1. The van der Waals surface area contributed by atoms with E-state index in [0.717, 1.165) is 12.0 Å². The van der Waals surface area contributed by atoms with Crippen LogP contribution in [-0.4, -0.2) is 27.0 Å². The minimum absolute atomic E-state index is 0.0922. The van der Waals surface area contributed by atoms with E-state index < -0.39 is 0 Å². The summed E-state index contributed by atoms with van der Waals surface area (Å²) >= 11 is 6.04. The Bertz CT molecular complexity index is 872. The molecule has 2 aromatic heterocycles. The van der Waals surface area contributed by atoms with Crippen LogP contribution in [0.3, 0.4) is 0 Å². The predicted molar refractivity (Wildman–Crippen MR) is 95.2 cm³/mol. The molecule has 0 bridgehead atoms. The van der Waals surface area contributed by atoms with Crippen LogP contribution in [0.2, 0.25) is 5.02 Å². The molecule has 3 aromatic rings. The summed E-state index contributed by atoms with van der Waals surface area (Å²) in [6.45, 7) is 4.93. The van der Waals surface area contributed by atoms with Gasteiger partial charge in [-0.1, -0.05) is 37.6 Å². The summed E-state index contributed by atoms with van der Waals surface area (Å²) < 4.78 is 1.84. The highest BCUT2D eigenvalue weighted by atomic mass is 35.5. The Morgan fingerprint density at radius 1 is 1.25 bits per heavy atom. The van der Waals surface area contributed by atoms with E-state index in [9.17, 15) is 4.79 Å². The largest absolute Gasteiger partial charge is 0.352 e. The lowest BCUT2D eigenvalue weighted by atomic mass is 10.1. The van der Waals surface area contributed by atoms with Gasteiger partial charge in [-0.05, 0) is 36.6 Å². The number of aromatic nitrogens is 3. The number of nitrogens with zero attached hydrogens (tertiary/aromatic N) is 3. The van der Waals surface area contributed by atoms with Crippen LogP contribution < -0.4 is 5.32 Å². The lowest BCUT2D eigenvalue weighted by Gasteiger charge is -2.07. The summed E-state index contributed by atoms with van der Waals surface area (Å²) in [6.07, 6.45) is 2.76. The topological polar surface area (TPSA) is 59.3 Å². The molecule has 0 atom stereocenters. The summed E-state index contributed by atoms with van der Waals surface area (Å²) in [5.41, 5.74) is 2.09. The molecule has 0 saturated carbocycles. The number of nitrogens with one attached hydrogen (secondary N) is 1. The van der Waals surface area contributed by atoms with Crippen molar-refractivity contribution < 1.29 is 4.79 Å². The minimum atomic E-state index is -0.0922. The van der Waals surface area contributed by atoms with Crippen LogP contribution in [-0.2, 0) is 0 Å². The van der Waals surface area contributed by atoms with Gasteiger partial charge in [-0.15, -0.1) is 10.2 Å². The van der Waals surface area contributed by atoms with Crippen LogP contribution in [0.4, 0.5) is 0 Å². The van der Waals surface area contributed by atoms with Gasteiger partial charge in [0.25, 0.3) is 5.91 Å². The molecule has 1 amide bonds. The normalized spacial score (nSPS) is 11.2. The molecule has 6 heteroatoms. The van der Waals surface area contributed by atoms with E-state index in [-0.39, 0.29) is 5.91 Å². The molecule has 0 aliphatic heterocycles. The quantitative estimate of drug-likeness (QED) is 0.766. The Kier molecular flexibility index (Phi) is 4.81. The summed E-state index contributed by atoms with van der Waals surface area (Å²) in [6, 6.07) is 11.0. The van der Waals surface area contributed by atoms with Gasteiger partial charge in [0.1, 0.15) is 0 Å². The number of carbonyl (C=O) groups excluding carboxylic acids is 1. The highest BCUT2D eigenvalue weighted by molar-refractivity contribution is 6.30. The maximum Gasteiger partial charge on any atom is 0.251 e. The first kappa shape index (κ1) is 16.5. The SMILES string of the molecule is CC(C)CCNC(=O)c1ccn2c(-c3cccc(Cl)c3)nnc2c1. The summed E-state index contributed by atoms with van der Waals surface area (Å²) in [4.78, 5) is 12.2. The monoisotopic (exact) mass is 342 g/mol. The van der Waals surface area contributed by atoms with Gasteiger partial charge in [0.15, 0.2) is 11.5 Å². The Balaban J connectivity index is 1.84. The second-order valence-electron chi connectivity index (χ2n) is 6.12. The Morgan fingerprint density at radius 2 is 2.08 bits per heavy atom. The second kappa shape index (κ2) is 7.01. The lowest BCUT2D eigenvalue weighted by molar-refractivity contribution is 0.0952. The van der Waals surface area contributed by atoms with Crippen LogP contribution in [0.15, 0.2) is 42.6 Å². The molecule has 3 rings (SSSR count). The fraction of sp³-hybridized carbons (Fsp3) is 0.278. The van der Waals surface area contributed by atoms with Crippen LogP contribution in [0.5, 0.6) is 0 Å². The molecule has 124 valence electrons. The molecule has 24 heavy (non-hydrogen) atoms. The van der Waals surface area contributed by atoms with Crippen molar-refractivity contribution in [1.29, 1.82) is 0 Å². The molecule has 5 nitrogen and oxygen atoms in total. The van der Waals surface area contributed by atoms with Crippen molar-refractivity contribution in [3.05, 3.63) is 53.2 Å². The van der Waals surface area contributed by atoms with Crippen molar-refractivity contribution in [1.82, 2.24) is 19.9 Å². The highest BCUT2D eigenvalue weighted by Crippen LogP contribution is 2.22. The fourth-order valence-corrected chi connectivity index (χ4v) is 2.62. The van der Waals surface area contributed by atoms with Crippen LogP contribution >= 0.6 is 11.6 Å². The number of pyridine rings is 1. The van der Waals surface area contributed by atoms with E-state index in [2.05, 4.69) is 29.4 Å². The van der Waals surface area contributed by atoms with Crippen molar-refractivity contribution in [3.8, 4) is 11.4 Å². The molecule has 2 heterocycles. The van der Waals surface area contributed by atoms with Gasteiger partial charge in [0, 0.05) is 28.9 Å². The Morgan fingerprint density at radius 3 is 2.83 bits per heavy atom. The number of hydrogen-bond acceptors (Lipinski definition) is 3. The molecular weight excluding hydrogens is 324 g/mol. The highest BCUT2D eigenvalue weighted by Gasteiger charge is 2.12. The maximum absolute atomic E-state index is 12.2. The molecule has 0 aliphatic rings. The first-order valence-corrected chi connectivity index (χ1v) is 8.31. The molecule has 1 aromatic carbocycles. The van der Waals surface area contributed by atoms with E-state index in [1.807, 2.05) is 34.9 Å². The van der Waals surface area contributed by atoms with Crippen LogP contribution in [0.25, 0.3) is 17.0 Å². The van der Waals surface area contributed by atoms with Gasteiger partial charge in [-0.2, -0.15) is 0 Å². The van der Waals surface area contributed by atoms with Crippen molar-refractivity contribution in [3.63, 3.8) is 0 Å². The van der Waals surface area contributed by atoms with Crippen LogP contribution in [0, 0.1) is 5.92 Å². The fourth-order valence-electron chi connectivity index (χ4n) is 2.43. The first-order valence-electron chi connectivity index (χ1n) is 7.93. The van der Waals surface area contributed by atoms with Crippen LogP contribution in [0.1, 0.15) is 30.6 Å². The number of amides is 1. The van der Waals surface area contributed by atoms with Gasteiger partial charge in [-0.25, -0.2) is 0 Å². The Hall–Kier alpha value is -2.40. The zero-order valence-corrected chi connectivity index (χ0v) is 14.4. The zero-order chi connectivity index (χ0) is 17.1. The second-order valence-corrected chi connectivity index (χ2v) is 6.55. The molecule has 0 aliphatic carbocycles. The van der Waals surface area contributed by atoms with E-state index in [1.165, 1.54) is 0 Å². The van der Waals surface area contributed by atoms with Crippen molar-refractivity contribution in [2.24, 2.45) is 5.92 Å². The summed E-state index contributed by atoms with van der Waals surface area (Å²) in [7, 11) is 0. The number of halogens is 1. The molecule has 0 unspecified atom stereocenters. The summed E-state index contributed by atoms with van der Waals surface area (Å²) in [5, 5.41) is 12.0. The third-order valence-corrected chi connectivity index (χ3v) is 4.00. The van der Waals surface area contributed by atoms with Gasteiger partial charge in [0.05, 0.1) is 0 Å². The van der Waals surface area contributed by atoms with Gasteiger partial charge >= 0.3 is 0 Å². The third kappa shape index (κ3) is 3.57. The lowest BCUT2D eigenvalue weighted by Crippen LogP contribution is -2.25. The number of fused-ring (bicyclic) bond motifs is 1. The molecule has 1 N–H and O–H groups in total. The summed E-state index contributed by atoms with van der Waals surface area (Å²) in [5.74, 6) is 1.16. The number of carbonyl (C=O) groups is 1. The first-order chi connectivity index (χ1) is 11.5. The molecule has 0 radical (unpaired) electrons. The van der Waals surface area contributed by atoms with Crippen molar-refractivity contribution in [2.45, 2.75) is 20.3 Å². The molecule has 0 fully saturated rings. The van der Waals surface area contributed by atoms with E-state index in [0.29, 0.717) is 34.5 Å². The van der Waals surface area contributed by atoms with Gasteiger partial charge in [-0.3, -0.25) is 9.20 Å². The number of rotatable bonds is 5. The molecule has 0 spiro atoms.